The van der Waals surface area contributed by atoms with E-state index in [0.29, 0.717) is 12.6 Å². The Morgan fingerprint density at radius 1 is 1.33 bits per heavy atom. The third-order valence-electron chi connectivity index (χ3n) is 5.29. The van der Waals surface area contributed by atoms with Gasteiger partial charge in [0.2, 0.25) is 0 Å². The summed E-state index contributed by atoms with van der Waals surface area (Å²) in [5.74, 6) is 5.24. The van der Waals surface area contributed by atoms with Crippen LogP contribution in [-0.4, -0.2) is 43.3 Å². The summed E-state index contributed by atoms with van der Waals surface area (Å²) in [6.07, 6.45) is 2.97. The number of rotatable bonds is 3. The molecule has 2 aliphatic heterocycles. The number of hydrogen-bond donors (Lipinski definition) is 0. The molecule has 128 valence electrons. The number of esters is 1. The molecule has 3 rings (SSSR count). The molecule has 0 amide bonds. The van der Waals surface area contributed by atoms with Crippen LogP contribution >= 0.6 is 22.6 Å². The molecule has 5 heteroatoms. The highest BCUT2D eigenvalue weighted by Crippen LogP contribution is 2.47. The second-order valence-electron chi connectivity index (χ2n) is 6.40. The van der Waals surface area contributed by atoms with Gasteiger partial charge in [-0.3, -0.25) is 9.69 Å². The second kappa shape index (κ2) is 7.83. The van der Waals surface area contributed by atoms with E-state index < -0.39 is 6.67 Å². The number of benzene rings is 1. The first-order valence-corrected chi connectivity index (χ1v) is 9.34. The first-order chi connectivity index (χ1) is 11.7. The molecule has 2 saturated heterocycles. The van der Waals surface area contributed by atoms with E-state index in [1.54, 1.807) is 0 Å². The molecule has 3 unspecified atom stereocenters. The molecule has 4 atom stereocenters. The fraction of sp³-hybridized carbons (Fsp3) is 0.526. The normalized spacial score (nSPS) is 29.0. The van der Waals surface area contributed by atoms with Crippen molar-refractivity contribution in [3.63, 3.8) is 0 Å². The first-order valence-electron chi connectivity index (χ1n) is 8.26. The maximum atomic E-state index is 12.5. The van der Waals surface area contributed by atoms with Gasteiger partial charge in [0.05, 0.1) is 19.6 Å². The predicted octanol–water partition coefficient (Wildman–Crippen LogP) is 3.37. The lowest BCUT2D eigenvalue weighted by Gasteiger charge is -2.42. The van der Waals surface area contributed by atoms with Crippen LogP contribution in [0.15, 0.2) is 24.3 Å². The van der Waals surface area contributed by atoms with Crippen molar-refractivity contribution in [2.75, 3.05) is 20.3 Å². The number of nitrogens with zero attached hydrogens (tertiary/aromatic N) is 1. The predicted molar refractivity (Wildman–Crippen MR) is 99.3 cm³/mol. The van der Waals surface area contributed by atoms with Gasteiger partial charge >= 0.3 is 5.97 Å². The van der Waals surface area contributed by atoms with Crippen molar-refractivity contribution in [3.8, 4) is 11.8 Å². The Balaban J connectivity index is 1.89. The van der Waals surface area contributed by atoms with E-state index in [0.717, 1.165) is 19.3 Å². The van der Waals surface area contributed by atoms with Crippen molar-refractivity contribution in [1.82, 2.24) is 4.90 Å². The van der Waals surface area contributed by atoms with Crippen LogP contribution in [0.3, 0.4) is 0 Å². The van der Waals surface area contributed by atoms with Gasteiger partial charge in [0, 0.05) is 21.6 Å². The van der Waals surface area contributed by atoms with Crippen molar-refractivity contribution < 1.29 is 13.9 Å². The van der Waals surface area contributed by atoms with E-state index >= 15 is 0 Å². The Hall–Kier alpha value is -1.13. The molecule has 0 aromatic heterocycles. The summed E-state index contributed by atoms with van der Waals surface area (Å²) >= 11 is 2.29. The van der Waals surface area contributed by atoms with Crippen molar-refractivity contribution in [1.29, 1.82) is 0 Å². The maximum absolute atomic E-state index is 12.5. The minimum atomic E-state index is -0.616. The molecule has 1 aromatic carbocycles. The van der Waals surface area contributed by atoms with Gasteiger partial charge in [0.15, 0.2) is 0 Å². The van der Waals surface area contributed by atoms with Crippen LogP contribution in [-0.2, 0) is 9.53 Å². The molecule has 3 nitrogen and oxygen atoms in total. The smallest absolute Gasteiger partial charge is 0.310 e. The van der Waals surface area contributed by atoms with Crippen LogP contribution in [0.1, 0.15) is 30.7 Å². The third kappa shape index (κ3) is 3.45. The number of piperidine rings is 1. The number of carbonyl (C=O) groups excluding carboxylic acids is 1. The van der Waals surface area contributed by atoms with Crippen molar-refractivity contribution in [2.45, 2.75) is 37.3 Å². The van der Waals surface area contributed by atoms with E-state index in [1.807, 2.05) is 0 Å². The van der Waals surface area contributed by atoms with Crippen molar-refractivity contribution in [2.24, 2.45) is 5.92 Å². The molecule has 2 heterocycles. The summed E-state index contributed by atoms with van der Waals surface area (Å²) in [6.45, 7) is -0.0823. The molecular weight excluding hydrogens is 420 g/mol. The van der Waals surface area contributed by atoms with E-state index in [2.05, 4.69) is 63.6 Å². The average molecular weight is 441 g/mol. The maximum Gasteiger partial charge on any atom is 0.310 e. The summed E-state index contributed by atoms with van der Waals surface area (Å²) in [5.41, 5.74) is 1.21. The van der Waals surface area contributed by atoms with Crippen LogP contribution in [0.5, 0.6) is 0 Å². The van der Waals surface area contributed by atoms with E-state index in [4.69, 9.17) is 4.74 Å². The zero-order valence-electron chi connectivity index (χ0n) is 13.7. The monoisotopic (exact) mass is 441 g/mol. The van der Waals surface area contributed by atoms with Gasteiger partial charge in [-0.15, -0.1) is 0 Å². The Kier molecular flexibility index (Phi) is 5.77. The lowest BCUT2D eigenvalue weighted by molar-refractivity contribution is -0.150. The van der Waals surface area contributed by atoms with Crippen molar-refractivity contribution >= 4 is 28.6 Å². The minimum Gasteiger partial charge on any atom is -0.469 e. The number of hydrogen-bond acceptors (Lipinski definition) is 3. The summed E-state index contributed by atoms with van der Waals surface area (Å²) in [5, 5.41) is 0. The molecule has 2 aliphatic rings. The Labute approximate surface area is 156 Å². The molecule has 24 heavy (non-hydrogen) atoms. The standard InChI is InChI=1S/C19H21FINO2/c1-24-19(23)18-16(13-4-6-14(21)7-5-13)12-15-8-9-17(18)22(15)11-3-2-10-20/h4-7,15-18H,8-12H2,1H3/t15?,16?,17?,18-/m0/s1. The number of fused-ring (bicyclic) bond motifs is 2. The highest BCUT2D eigenvalue weighted by atomic mass is 127. The Bertz CT molecular complexity index is 652. The minimum absolute atomic E-state index is 0.134. The molecule has 2 bridgehead atoms. The molecule has 1 aromatic rings. The van der Waals surface area contributed by atoms with Gasteiger partial charge in [-0.05, 0) is 59.5 Å². The van der Waals surface area contributed by atoms with Gasteiger partial charge in [-0.1, -0.05) is 24.0 Å². The highest BCUT2D eigenvalue weighted by Gasteiger charge is 2.50. The zero-order chi connectivity index (χ0) is 17.1. The van der Waals surface area contributed by atoms with Crippen LogP contribution in [0.2, 0.25) is 0 Å². The van der Waals surface area contributed by atoms with Gasteiger partial charge in [0.1, 0.15) is 6.67 Å². The second-order valence-corrected chi connectivity index (χ2v) is 7.65. The summed E-state index contributed by atoms with van der Waals surface area (Å²) < 4.78 is 18.6. The number of methoxy groups -OCH3 is 1. The third-order valence-corrected chi connectivity index (χ3v) is 6.01. The Morgan fingerprint density at radius 3 is 2.75 bits per heavy atom. The Morgan fingerprint density at radius 2 is 2.08 bits per heavy atom. The van der Waals surface area contributed by atoms with Crippen LogP contribution in [0, 0.1) is 21.3 Å². The van der Waals surface area contributed by atoms with Crippen molar-refractivity contribution in [3.05, 3.63) is 33.4 Å². The average Bonchev–Trinajstić information content (AvgIpc) is 2.87. The lowest BCUT2D eigenvalue weighted by atomic mass is 9.76. The SMILES string of the molecule is COC(=O)[C@H]1C(c2ccc(I)cc2)CC2CCC1N2CC#CCF. The lowest BCUT2D eigenvalue weighted by Crippen LogP contribution is -2.51. The largest absolute Gasteiger partial charge is 0.469 e. The number of ether oxygens (including phenoxy) is 1. The van der Waals surface area contributed by atoms with E-state index in [9.17, 15) is 9.18 Å². The zero-order valence-corrected chi connectivity index (χ0v) is 15.8. The van der Waals surface area contributed by atoms with Gasteiger partial charge in [-0.2, -0.15) is 0 Å². The number of alkyl halides is 1. The molecule has 0 radical (unpaired) electrons. The molecule has 0 N–H and O–H groups in total. The highest BCUT2D eigenvalue weighted by molar-refractivity contribution is 14.1. The summed E-state index contributed by atoms with van der Waals surface area (Å²) in [7, 11) is 1.46. The number of halogens is 2. The summed E-state index contributed by atoms with van der Waals surface area (Å²) in [6, 6.07) is 8.97. The van der Waals surface area contributed by atoms with E-state index in [-0.39, 0.29) is 23.8 Å². The van der Waals surface area contributed by atoms with E-state index in [1.165, 1.54) is 16.2 Å². The molecule has 0 spiro atoms. The quantitative estimate of drug-likeness (QED) is 0.410. The molecule has 0 saturated carbocycles. The number of carbonyl (C=O) groups is 1. The topological polar surface area (TPSA) is 29.5 Å². The first kappa shape index (κ1) is 17.7. The molecular formula is C19H21FINO2. The van der Waals surface area contributed by atoms with Crippen LogP contribution < -0.4 is 0 Å². The summed E-state index contributed by atoms with van der Waals surface area (Å²) in [4.78, 5) is 14.8. The van der Waals surface area contributed by atoms with Gasteiger partial charge < -0.3 is 4.74 Å². The van der Waals surface area contributed by atoms with Crippen LogP contribution in [0.4, 0.5) is 4.39 Å². The molecule has 0 aliphatic carbocycles. The molecule has 2 fully saturated rings. The van der Waals surface area contributed by atoms with Gasteiger partial charge in [-0.25, -0.2) is 4.39 Å². The van der Waals surface area contributed by atoms with Gasteiger partial charge in [0.25, 0.3) is 0 Å². The fourth-order valence-electron chi connectivity index (χ4n) is 4.26. The fourth-order valence-corrected chi connectivity index (χ4v) is 4.62. The van der Waals surface area contributed by atoms with Crippen LogP contribution in [0.25, 0.3) is 0 Å².